The van der Waals surface area contributed by atoms with E-state index in [1.807, 2.05) is 18.2 Å². The predicted molar refractivity (Wildman–Crippen MR) is 92.6 cm³/mol. The topological polar surface area (TPSA) is 0 Å². The number of rotatable bonds is 3. The Labute approximate surface area is 122 Å². The molecule has 0 N–H and O–H groups in total. The van der Waals surface area contributed by atoms with Crippen LogP contribution in [0.3, 0.4) is 0 Å². The van der Waals surface area contributed by atoms with Crippen LogP contribution in [0.1, 0.15) is 27.8 Å². The van der Waals surface area contributed by atoms with E-state index in [-0.39, 0.29) is 0 Å². The van der Waals surface area contributed by atoms with Crippen molar-refractivity contribution in [2.24, 2.45) is 0 Å². The second-order valence-electron chi connectivity index (χ2n) is 4.70. The highest BCUT2D eigenvalue weighted by molar-refractivity contribution is 5.57. The van der Waals surface area contributed by atoms with E-state index in [9.17, 15) is 0 Å². The molecule has 0 unspecified atom stereocenters. The molecule has 20 heavy (non-hydrogen) atoms. The Kier molecular flexibility index (Phi) is 6.25. The Morgan fingerprint density at radius 2 is 1.05 bits per heavy atom. The smallest absolute Gasteiger partial charge is 0.0254 e. The van der Waals surface area contributed by atoms with E-state index in [1.165, 1.54) is 16.7 Å². The Balaban J connectivity index is 0.000000204. The summed E-state index contributed by atoms with van der Waals surface area (Å²) in [6, 6.07) is 14.5. The SMILES string of the molecule is C=Cc1cc(C)cc(C=C)c1.C=Cc1ccc(C)cc1. The van der Waals surface area contributed by atoms with Gasteiger partial charge in [0.15, 0.2) is 0 Å². The standard InChI is InChI=1S/C11H12.C9H10/c1-4-10-6-9(3)7-11(5-2)8-10;1-3-9-6-4-8(2)5-7-9/h4-8H,1-2H2,3H3;3-7H,1H2,2H3. The fourth-order valence-corrected chi connectivity index (χ4v) is 1.78. The fraction of sp³-hybridized carbons (Fsp3) is 0.100. The molecular formula is C20H22. The van der Waals surface area contributed by atoms with Crippen LogP contribution in [0.5, 0.6) is 0 Å². The van der Waals surface area contributed by atoms with E-state index in [0.29, 0.717) is 0 Å². The molecule has 102 valence electrons. The molecular weight excluding hydrogens is 240 g/mol. The first-order valence-electron chi connectivity index (χ1n) is 6.64. The van der Waals surface area contributed by atoms with E-state index < -0.39 is 0 Å². The zero-order valence-corrected chi connectivity index (χ0v) is 12.4. The second-order valence-corrected chi connectivity index (χ2v) is 4.70. The van der Waals surface area contributed by atoms with Gasteiger partial charge < -0.3 is 0 Å². The molecule has 2 aromatic carbocycles. The lowest BCUT2D eigenvalue weighted by molar-refractivity contribution is 1.45. The molecule has 0 aliphatic heterocycles. The van der Waals surface area contributed by atoms with Gasteiger partial charge in [0.2, 0.25) is 0 Å². The highest BCUT2D eigenvalue weighted by Gasteiger charge is 1.91. The van der Waals surface area contributed by atoms with Gasteiger partial charge in [-0.3, -0.25) is 0 Å². The maximum absolute atomic E-state index is 3.71. The zero-order chi connectivity index (χ0) is 15.0. The fourth-order valence-electron chi connectivity index (χ4n) is 1.78. The van der Waals surface area contributed by atoms with Gasteiger partial charge in [-0.25, -0.2) is 0 Å². The lowest BCUT2D eigenvalue weighted by atomic mass is 10.1. The molecule has 0 spiro atoms. The van der Waals surface area contributed by atoms with Crippen LogP contribution in [-0.4, -0.2) is 0 Å². The minimum Gasteiger partial charge on any atom is -0.0985 e. The normalized spacial score (nSPS) is 9.10. The molecule has 2 rings (SSSR count). The summed E-state index contributed by atoms with van der Waals surface area (Å²) in [5, 5.41) is 0. The molecule has 0 heterocycles. The third-order valence-corrected chi connectivity index (χ3v) is 2.91. The molecule has 0 saturated heterocycles. The van der Waals surface area contributed by atoms with Crippen LogP contribution in [0, 0.1) is 13.8 Å². The van der Waals surface area contributed by atoms with Crippen LogP contribution in [-0.2, 0) is 0 Å². The minimum atomic E-state index is 1.15. The molecule has 0 radical (unpaired) electrons. The zero-order valence-electron chi connectivity index (χ0n) is 12.4. The van der Waals surface area contributed by atoms with Gasteiger partial charge in [0, 0.05) is 0 Å². The van der Waals surface area contributed by atoms with Gasteiger partial charge in [-0.1, -0.05) is 79.9 Å². The van der Waals surface area contributed by atoms with E-state index in [2.05, 4.69) is 76.0 Å². The first kappa shape index (κ1) is 15.7. The molecule has 0 aromatic heterocycles. The maximum Gasteiger partial charge on any atom is -0.0254 e. The third kappa shape index (κ3) is 5.11. The Bertz CT molecular complexity index is 560. The number of hydrogen-bond acceptors (Lipinski definition) is 0. The van der Waals surface area contributed by atoms with Crippen molar-refractivity contribution in [3.8, 4) is 0 Å². The molecule has 0 fully saturated rings. The lowest BCUT2D eigenvalue weighted by Gasteiger charge is -1.98. The van der Waals surface area contributed by atoms with Crippen molar-refractivity contribution in [1.29, 1.82) is 0 Å². The summed E-state index contributed by atoms with van der Waals surface area (Å²) >= 11 is 0. The van der Waals surface area contributed by atoms with Crippen molar-refractivity contribution < 1.29 is 0 Å². The predicted octanol–water partition coefficient (Wildman–Crippen LogP) is 5.92. The van der Waals surface area contributed by atoms with Crippen LogP contribution in [0.25, 0.3) is 18.2 Å². The van der Waals surface area contributed by atoms with Crippen molar-refractivity contribution in [1.82, 2.24) is 0 Å². The average Bonchev–Trinajstić information content (AvgIpc) is 2.48. The summed E-state index contributed by atoms with van der Waals surface area (Å²) in [4.78, 5) is 0. The molecule has 0 aliphatic rings. The number of benzene rings is 2. The molecule has 0 heteroatoms. The molecule has 0 amide bonds. The summed E-state index contributed by atoms with van der Waals surface area (Å²) in [5.41, 5.74) is 6.03. The summed E-state index contributed by atoms with van der Waals surface area (Å²) in [6.07, 6.45) is 5.54. The van der Waals surface area contributed by atoms with Crippen LogP contribution in [0.2, 0.25) is 0 Å². The quantitative estimate of drug-likeness (QED) is 0.644. The summed E-state index contributed by atoms with van der Waals surface area (Å²) in [6.45, 7) is 15.2. The highest BCUT2D eigenvalue weighted by atomic mass is 14.0. The van der Waals surface area contributed by atoms with E-state index in [0.717, 1.165) is 11.1 Å². The van der Waals surface area contributed by atoms with Crippen molar-refractivity contribution >= 4 is 18.2 Å². The minimum absolute atomic E-state index is 1.15. The highest BCUT2D eigenvalue weighted by Crippen LogP contribution is 2.11. The Morgan fingerprint density at radius 3 is 1.45 bits per heavy atom. The van der Waals surface area contributed by atoms with Crippen molar-refractivity contribution in [2.75, 3.05) is 0 Å². The van der Waals surface area contributed by atoms with Gasteiger partial charge in [-0.15, -0.1) is 0 Å². The summed E-state index contributed by atoms with van der Waals surface area (Å²) < 4.78 is 0. The van der Waals surface area contributed by atoms with Crippen molar-refractivity contribution in [3.05, 3.63) is 90.0 Å². The maximum atomic E-state index is 3.71. The molecule has 2 aromatic rings. The molecule has 0 bridgehead atoms. The third-order valence-electron chi connectivity index (χ3n) is 2.91. The number of hydrogen-bond donors (Lipinski definition) is 0. The van der Waals surface area contributed by atoms with Gasteiger partial charge in [0.25, 0.3) is 0 Å². The van der Waals surface area contributed by atoms with Gasteiger partial charge in [-0.05, 0) is 42.2 Å². The van der Waals surface area contributed by atoms with Gasteiger partial charge in [0.05, 0.1) is 0 Å². The van der Waals surface area contributed by atoms with E-state index in [1.54, 1.807) is 0 Å². The Hall–Kier alpha value is -2.34. The van der Waals surface area contributed by atoms with Crippen LogP contribution < -0.4 is 0 Å². The molecule has 0 atom stereocenters. The molecule has 0 nitrogen and oxygen atoms in total. The molecule has 0 aliphatic carbocycles. The summed E-state index contributed by atoms with van der Waals surface area (Å²) in [7, 11) is 0. The first-order chi connectivity index (χ1) is 9.58. The monoisotopic (exact) mass is 262 g/mol. The molecule has 0 saturated carbocycles. The lowest BCUT2D eigenvalue weighted by Crippen LogP contribution is -1.78. The van der Waals surface area contributed by atoms with Crippen LogP contribution in [0.4, 0.5) is 0 Å². The second kappa shape index (κ2) is 7.96. The first-order valence-corrected chi connectivity index (χ1v) is 6.64. The Morgan fingerprint density at radius 1 is 0.600 bits per heavy atom. The van der Waals surface area contributed by atoms with Gasteiger partial charge >= 0.3 is 0 Å². The number of aryl methyl sites for hydroxylation is 2. The largest absolute Gasteiger partial charge is 0.0985 e. The van der Waals surface area contributed by atoms with Crippen molar-refractivity contribution in [3.63, 3.8) is 0 Å². The van der Waals surface area contributed by atoms with E-state index >= 15 is 0 Å². The van der Waals surface area contributed by atoms with Gasteiger partial charge in [-0.2, -0.15) is 0 Å². The van der Waals surface area contributed by atoms with Crippen molar-refractivity contribution in [2.45, 2.75) is 13.8 Å². The average molecular weight is 262 g/mol. The summed E-state index contributed by atoms with van der Waals surface area (Å²) in [5.74, 6) is 0. The van der Waals surface area contributed by atoms with Crippen LogP contribution in [0.15, 0.2) is 62.2 Å². The van der Waals surface area contributed by atoms with E-state index in [4.69, 9.17) is 0 Å². The van der Waals surface area contributed by atoms with Crippen LogP contribution >= 0.6 is 0 Å². The van der Waals surface area contributed by atoms with Gasteiger partial charge in [0.1, 0.15) is 0 Å².